The van der Waals surface area contributed by atoms with Gasteiger partial charge in [0.15, 0.2) is 8.24 Å². The lowest BCUT2D eigenvalue weighted by Gasteiger charge is -2.36. The summed E-state index contributed by atoms with van der Waals surface area (Å²) in [6.45, 7) is 19.3. The Kier molecular flexibility index (Phi) is 9.96. The van der Waals surface area contributed by atoms with Gasteiger partial charge in [0.1, 0.15) is 0 Å². The summed E-state index contributed by atoms with van der Waals surface area (Å²) in [6.07, 6.45) is 14.3. The molecule has 0 aliphatic rings. The molecule has 0 fully saturated rings. The quantitative estimate of drug-likeness (QED) is 0.310. The Hall–Kier alpha value is -0.0262. The van der Waals surface area contributed by atoms with Gasteiger partial charge in [-0.25, -0.2) is 0 Å². The van der Waals surface area contributed by atoms with Crippen LogP contribution in [0.25, 0.3) is 0 Å². The average Bonchev–Trinajstić information content (AvgIpc) is 2.33. The maximum absolute atomic E-state index is 3.69. The van der Waals surface area contributed by atoms with E-state index < -0.39 is 16.3 Å². The van der Waals surface area contributed by atoms with Crippen LogP contribution in [0.1, 0.15) is 65.7 Å². The van der Waals surface area contributed by atoms with Crippen molar-refractivity contribution < 1.29 is 0 Å². The highest BCUT2D eigenvalue weighted by molar-refractivity contribution is 6.78. The maximum Gasteiger partial charge on any atom is 0.152 e. The molecule has 3 heteroatoms. The molecule has 0 aromatic carbocycles. The molecule has 0 aliphatic heterocycles. The van der Waals surface area contributed by atoms with Crippen molar-refractivity contribution in [3.63, 3.8) is 0 Å². The zero-order valence-electron chi connectivity index (χ0n) is 16.8. The van der Waals surface area contributed by atoms with Crippen molar-refractivity contribution in [3.05, 3.63) is 12.3 Å². The largest absolute Gasteiger partial charge is 0.416 e. The van der Waals surface area contributed by atoms with Gasteiger partial charge < -0.3 is 4.98 Å². The van der Waals surface area contributed by atoms with E-state index in [0.717, 1.165) is 0 Å². The van der Waals surface area contributed by atoms with Gasteiger partial charge in [-0.15, -0.1) is 0 Å². The molecule has 0 aliphatic carbocycles. The molecule has 0 aromatic rings. The Morgan fingerprint density at radius 3 is 1.77 bits per heavy atom. The van der Waals surface area contributed by atoms with E-state index in [9.17, 15) is 0 Å². The molecule has 0 unspecified atom stereocenters. The number of unbranched alkanes of at least 4 members (excludes halogenated alkanes) is 6. The maximum atomic E-state index is 3.69. The van der Waals surface area contributed by atoms with E-state index in [0.29, 0.717) is 5.04 Å². The normalized spacial score (nSPS) is 13.8. The first kappa shape index (κ1) is 22.0. The first-order chi connectivity index (χ1) is 9.96. The van der Waals surface area contributed by atoms with Crippen LogP contribution in [-0.2, 0) is 0 Å². The van der Waals surface area contributed by atoms with Crippen LogP contribution in [-0.4, -0.2) is 16.3 Å². The van der Waals surface area contributed by atoms with E-state index >= 15 is 0 Å². The minimum atomic E-state index is -1.34. The van der Waals surface area contributed by atoms with Gasteiger partial charge in [0.05, 0.1) is 0 Å². The number of allylic oxidation sites excluding steroid dienone is 1. The van der Waals surface area contributed by atoms with Gasteiger partial charge in [-0.2, -0.15) is 0 Å². The molecule has 22 heavy (non-hydrogen) atoms. The van der Waals surface area contributed by atoms with Gasteiger partial charge >= 0.3 is 0 Å². The minimum Gasteiger partial charge on any atom is -0.416 e. The van der Waals surface area contributed by atoms with Crippen molar-refractivity contribution in [2.75, 3.05) is 0 Å². The Labute approximate surface area is 143 Å². The van der Waals surface area contributed by atoms with Gasteiger partial charge in [0.25, 0.3) is 0 Å². The fourth-order valence-electron chi connectivity index (χ4n) is 2.19. The highest BCUT2D eigenvalue weighted by atomic mass is 28.3. The average molecular weight is 342 g/mol. The molecule has 0 spiro atoms. The van der Waals surface area contributed by atoms with Gasteiger partial charge in [0.2, 0.25) is 0 Å². The lowest BCUT2D eigenvalue weighted by molar-refractivity contribution is 0.609. The zero-order valence-corrected chi connectivity index (χ0v) is 18.8. The van der Waals surface area contributed by atoms with Crippen LogP contribution in [0, 0.1) is 0 Å². The monoisotopic (exact) mass is 341 g/mol. The van der Waals surface area contributed by atoms with Crippen LogP contribution in [0.3, 0.4) is 0 Å². The Bertz CT molecular complexity index is 308. The lowest BCUT2D eigenvalue weighted by atomic mass is 10.1. The highest BCUT2D eigenvalue weighted by Gasteiger charge is 2.34. The Morgan fingerprint density at radius 1 is 0.773 bits per heavy atom. The van der Waals surface area contributed by atoms with Crippen molar-refractivity contribution in [2.24, 2.45) is 0 Å². The van der Waals surface area contributed by atoms with Crippen molar-refractivity contribution in [1.29, 1.82) is 0 Å². The molecule has 0 heterocycles. The van der Waals surface area contributed by atoms with Crippen molar-refractivity contribution in [2.45, 2.75) is 110 Å². The van der Waals surface area contributed by atoms with Crippen molar-refractivity contribution in [3.8, 4) is 0 Å². The molecule has 0 radical (unpaired) electrons. The first-order valence-corrected chi connectivity index (χ1v) is 16.1. The standard InChI is InChI=1S/C19H43NSi2/c1-19(2,3)22(7,8)20-17-15-13-11-9-10-12-14-16-18-21(4,5)6/h15,17,20H,9-14,16,18H2,1-8H3. The predicted molar refractivity (Wildman–Crippen MR) is 110 cm³/mol. The summed E-state index contributed by atoms with van der Waals surface area (Å²) in [5.74, 6) is 0. The summed E-state index contributed by atoms with van der Waals surface area (Å²) in [6, 6.07) is 1.51. The lowest BCUT2D eigenvalue weighted by Crippen LogP contribution is -2.49. The van der Waals surface area contributed by atoms with E-state index in [4.69, 9.17) is 0 Å². The smallest absolute Gasteiger partial charge is 0.152 e. The molecule has 132 valence electrons. The summed E-state index contributed by atoms with van der Waals surface area (Å²) in [4.78, 5) is 3.69. The van der Waals surface area contributed by atoms with Crippen LogP contribution < -0.4 is 4.98 Å². The fraction of sp³-hybridized carbons (Fsp3) is 0.895. The number of nitrogens with one attached hydrogen (secondary N) is 1. The third-order valence-corrected chi connectivity index (χ3v) is 11.5. The number of rotatable bonds is 11. The second kappa shape index (κ2) is 9.97. The molecule has 0 aromatic heterocycles. The van der Waals surface area contributed by atoms with E-state index in [1.165, 1.54) is 51.0 Å². The van der Waals surface area contributed by atoms with Gasteiger partial charge in [-0.3, -0.25) is 0 Å². The second-order valence-corrected chi connectivity index (χ2v) is 20.3. The van der Waals surface area contributed by atoms with Crippen molar-refractivity contribution in [1.82, 2.24) is 4.98 Å². The summed E-state index contributed by atoms with van der Waals surface area (Å²) >= 11 is 0. The third-order valence-electron chi connectivity index (χ3n) is 4.98. The Balaban J connectivity index is 3.53. The van der Waals surface area contributed by atoms with E-state index in [1.807, 2.05) is 0 Å². The minimum absolute atomic E-state index is 0.410. The summed E-state index contributed by atoms with van der Waals surface area (Å²) in [5, 5.41) is 0.410. The van der Waals surface area contributed by atoms with Crippen LogP contribution in [0.4, 0.5) is 0 Å². The summed E-state index contributed by atoms with van der Waals surface area (Å²) in [5.41, 5.74) is 0. The molecule has 0 bridgehead atoms. The van der Waals surface area contributed by atoms with Crippen LogP contribution in [0.15, 0.2) is 12.3 Å². The predicted octanol–water partition coefficient (Wildman–Crippen LogP) is 7.16. The Morgan fingerprint density at radius 2 is 1.27 bits per heavy atom. The van der Waals surface area contributed by atoms with E-state index in [-0.39, 0.29) is 0 Å². The van der Waals surface area contributed by atoms with E-state index in [2.05, 4.69) is 70.8 Å². The SMILES string of the molecule is CC(C)(C)[Si](C)(C)NC=CCCCCCCCC[Si](C)(C)C. The topological polar surface area (TPSA) is 12.0 Å². The molecular weight excluding hydrogens is 298 g/mol. The van der Waals surface area contributed by atoms with Gasteiger partial charge in [0, 0.05) is 8.07 Å². The van der Waals surface area contributed by atoms with Crippen LogP contribution in [0.5, 0.6) is 0 Å². The van der Waals surface area contributed by atoms with Crippen LogP contribution >= 0.6 is 0 Å². The molecule has 0 atom stereocenters. The molecule has 1 N–H and O–H groups in total. The highest BCUT2D eigenvalue weighted by Crippen LogP contribution is 2.33. The van der Waals surface area contributed by atoms with Crippen molar-refractivity contribution >= 4 is 16.3 Å². The third kappa shape index (κ3) is 11.5. The zero-order chi connectivity index (χ0) is 17.3. The number of hydrogen-bond donors (Lipinski definition) is 1. The first-order valence-electron chi connectivity index (χ1n) is 9.38. The fourth-order valence-corrected chi connectivity index (χ4v) is 4.47. The van der Waals surface area contributed by atoms with E-state index in [1.54, 1.807) is 0 Å². The summed E-state index contributed by atoms with van der Waals surface area (Å²) in [7, 11) is -2.13. The molecule has 0 amide bonds. The second-order valence-electron chi connectivity index (χ2n) is 9.64. The van der Waals surface area contributed by atoms with Gasteiger partial charge in [-0.05, 0) is 24.1 Å². The molecule has 0 saturated carbocycles. The molecular formula is C19H43NSi2. The van der Waals surface area contributed by atoms with Crippen LogP contribution in [0.2, 0.25) is 43.8 Å². The molecule has 0 rings (SSSR count). The molecule has 1 nitrogen and oxygen atoms in total. The number of hydrogen-bond acceptors (Lipinski definition) is 1. The molecule has 0 saturated heterocycles. The summed E-state index contributed by atoms with van der Waals surface area (Å²) < 4.78 is 0. The van der Waals surface area contributed by atoms with Gasteiger partial charge in [-0.1, -0.05) is 97.7 Å².